The van der Waals surface area contributed by atoms with Gasteiger partial charge in [-0.3, -0.25) is 0 Å². The highest BCUT2D eigenvalue weighted by Crippen LogP contribution is 2.18. The van der Waals surface area contributed by atoms with Crippen LogP contribution in [0, 0.1) is 0 Å². The molecular formula is C18H28N4. The van der Waals surface area contributed by atoms with E-state index in [-0.39, 0.29) is 11.1 Å². The van der Waals surface area contributed by atoms with Crippen LogP contribution in [-0.4, -0.2) is 23.6 Å². The molecule has 0 aliphatic rings. The van der Waals surface area contributed by atoms with Gasteiger partial charge < -0.3 is 11.1 Å². The van der Waals surface area contributed by atoms with E-state index in [1.54, 1.807) is 6.20 Å². The van der Waals surface area contributed by atoms with E-state index in [0.717, 1.165) is 12.1 Å². The van der Waals surface area contributed by atoms with Gasteiger partial charge in [0.25, 0.3) is 0 Å². The Balaban J connectivity index is 2.80. The van der Waals surface area contributed by atoms with Crippen LogP contribution in [0.25, 0.3) is 0 Å². The number of hydrogen-bond acceptors (Lipinski definition) is 3. The van der Waals surface area contributed by atoms with Gasteiger partial charge in [0, 0.05) is 29.4 Å². The molecule has 1 aromatic rings. The average molecular weight is 300 g/mol. The molecule has 1 aromatic carbocycles. The third-order valence-electron chi connectivity index (χ3n) is 4.05. The number of rotatable bonds is 6. The minimum Gasteiger partial charge on any atom is -0.324 e. The molecule has 120 valence electrons. The normalized spacial score (nSPS) is 13.6. The molecule has 1 rings (SSSR count). The number of aliphatic imine (C=N–C) groups is 2. The minimum atomic E-state index is -0.300. The van der Waals surface area contributed by atoms with Gasteiger partial charge in [0.15, 0.2) is 5.84 Å². The number of nitrogens with two attached hydrogens (primary N) is 1. The summed E-state index contributed by atoms with van der Waals surface area (Å²) in [5.74, 6) is 0.626. The van der Waals surface area contributed by atoms with Crippen molar-refractivity contribution in [1.29, 1.82) is 0 Å². The maximum absolute atomic E-state index is 6.20. The monoisotopic (exact) mass is 300 g/mol. The summed E-state index contributed by atoms with van der Waals surface area (Å²) in [5.41, 5.74) is 7.89. The lowest BCUT2D eigenvalue weighted by molar-refractivity contribution is 0.240. The van der Waals surface area contributed by atoms with Crippen LogP contribution in [0.5, 0.6) is 0 Å². The molecule has 0 atom stereocenters. The Hall–Kier alpha value is -1.78. The van der Waals surface area contributed by atoms with Crippen molar-refractivity contribution in [2.24, 2.45) is 15.7 Å². The maximum Gasteiger partial charge on any atom is 0.158 e. The molecule has 3 N–H and O–H groups in total. The highest BCUT2D eigenvalue weighted by Gasteiger charge is 2.32. The van der Waals surface area contributed by atoms with Crippen LogP contribution in [0.2, 0.25) is 0 Å². The van der Waals surface area contributed by atoms with Crippen LogP contribution in [0.1, 0.15) is 45.7 Å². The second kappa shape index (κ2) is 7.47. The van der Waals surface area contributed by atoms with Crippen molar-refractivity contribution >= 4 is 12.6 Å². The fraction of sp³-hybridized carbons (Fsp3) is 0.444. The molecule has 22 heavy (non-hydrogen) atoms. The van der Waals surface area contributed by atoms with Crippen LogP contribution in [0.4, 0.5) is 0 Å². The molecule has 0 aliphatic heterocycles. The van der Waals surface area contributed by atoms with Crippen LogP contribution < -0.4 is 11.1 Å². The molecule has 0 heterocycles. The van der Waals surface area contributed by atoms with E-state index in [1.807, 2.05) is 39.0 Å². The Morgan fingerprint density at radius 3 is 2.27 bits per heavy atom. The molecule has 0 radical (unpaired) electrons. The molecule has 0 bridgehead atoms. The number of nitrogens with one attached hydrogen (secondary N) is 1. The van der Waals surface area contributed by atoms with Crippen molar-refractivity contribution in [2.75, 3.05) is 0 Å². The molecule has 0 unspecified atom stereocenters. The Labute approximate surface area is 134 Å². The van der Waals surface area contributed by atoms with Crippen molar-refractivity contribution in [3.63, 3.8) is 0 Å². The molecule has 4 heteroatoms. The van der Waals surface area contributed by atoms with Gasteiger partial charge in [0.1, 0.15) is 0 Å². The molecular weight excluding hydrogens is 272 g/mol. The summed E-state index contributed by atoms with van der Waals surface area (Å²) in [4.78, 5) is 8.21. The van der Waals surface area contributed by atoms with E-state index in [1.165, 1.54) is 5.56 Å². The topological polar surface area (TPSA) is 62.8 Å². The first kappa shape index (κ1) is 18.3. The lowest BCUT2D eigenvalue weighted by Crippen LogP contribution is -2.60. The Kier molecular flexibility index (Phi) is 6.21. The lowest BCUT2D eigenvalue weighted by atomic mass is 9.83. The second-order valence-corrected chi connectivity index (χ2v) is 6.49. The third kappa shape index (κ3) is 4.90. The summed E-state index contributed by atoms with van der Waals surface area (Å²) in [6, 6.07) is 8.15. The van der Waals surface area contributed by atoms with Crippen LogP contribution >= 0.6 is 0 Å². The number of allylic oxidation sites excluding steroid dienone is 1. The summed E-state index contributed by atoms with van der Waals surface area (Å²) >= 11 is 0. The van der Waals surface area contributed by atoms with Crippen molar-refractivity contribution in [1.82, 2.24) is 5.32 Å². The Morgan fingerprint density at radius 1 is 1.23 bits per heavy atom. The second-order valence-electron chi connectivity index (χ2n) is 6.49. The van der Waals surface area contributed by atoms with E-state index < -0.39 is 0 Å². The molecule has 0 aliphatic carbocycles. The quantitative estimate of drug-likeness (QED) is 0.625. The molecule has 0 saturated carbocycles. The predicted octanol–water partition coefficient (Wildman–Crippen LogP) is 3.27. The summed E-state index contributed by atoms with van der Waals surface area (Å²) in [6.07, 6.45) is 3.57. The van der Waals surface area contributed by atoms with Gasteiger partial charge in [-0.2, -0.15) is 0 Å². The zero-order chi connectivity index (χ0) is 16.8. The van der Waals surface area contributed by atoms with Crippen LogP contribution in [0.15, 0.2) is 46.5 Å². The van der Waals surface area contributed by atoms with E-state index in [9.17, 15) is 0 Å². The predicted molar refractivity (Wildman–Crippen MR) is 96.5 cm³/mol. The Bertz CT molecular complexity index is 545. The van der Waals surface area contributed by atoms with Crippen LogP contribution in [-0.2, 0) is 6.54 Å². The summed E-state index contributed by atoms with van der Waals surface area (Å²) in [6.45, 7) is 14.5. The van der Waals surface area contributed by atoms with Gasteiger partial charge in [0.2, 0.25) is 0 Å². The maximum atomic E-state index is 6.20. The van der Waals surface area contributed by atoms with E-state index >= 15 is 0 Å². The first-order valence-electron chi connectivity index (χ1n) is 7.50. The van der Waals surface area contributed by atoms with Crippen molar-refractivity contribution in [3.05, 3.63) is 47.7 Å². The highest BCUT2D eigenvalue weighted by atomic mass is 15.0. The minimum absolute atomic E-state index is 0.160. The number of amidine groups is 1. The van der Waals surface area contributed by atoms with E-state index in [0.29, 0.717) is 5.84 Å². The molecule has 0 saturated heterocycles. The smallest absolute Gasteiger partial charge is 0.158 e. The zero-order valence-corrected chi connectivity index (χ0v) is 14.4. The molecule has 0 aromatic heterocycles. The average Bonchev–Trinajstić information content (AvgIpc) is 2.46. The summed E-state index contributed by atoms with van der Waals surface area (Å²) < 4.78 is 0. The van der Waals surface area contributed by atoms with Crippen molar-refractivity contribution in [3.8, 4) is 0 Å². The van der Waals surface area contributed by atoms with Crippen molar-refractivity contribution < 1.29 is 0 Å². The summed E-state index contributed by atoms with van der Waals surface area (Å²) in [7, 11) is 0. The van der Waals surface area contributed by atoms with Crippen LogP contribution in [0.3, 0.4) is 0 Å². The first-order chi connectivity index (χ1) is 10.2. The fourth-order valence-electron chi connectivity index (χ4n) is 1.67. The zero-order valence-electron chi connectivity index (χ0n) is 14.4. The lowest BCUT2D eigenvalue weighted by Gasteiger charge is -2.39. The first-order valence-corrected chi connectivity index (χ1v) is 7.50. The van der Waals surface area contributed by atoms with Gasteiger partial charge in [-0.1, -0.05) is 30.3 Å². The molecule has 0 fully saturated rings. The van der Waals surface area contributed by atoms with Gasteiger partial charge in [-0.25, -0.2) is 9.98 Å². The van der Waals surface area contributed by atoms with Gasteiger partial charge in [-0.05, 0) is 46.9 Å². The molecule has 0 spiro atoms. The largest absolute Gasteiger partial charge is 0.324 e. The van der Waals surface area contributed by atoms with E-state index in [4.69, 9.17) is 5.73 Å². The number of nitrogens with zero attached hydrogens (tertiary/aromatic N) is 2. The highest BCUT2D eigenvalue weighted by molar-refractivity contribution is 6.01. The van der Waals surface area contributed by atoms with Gasteiger partial charge in [-0.15, -0.1) is 0 Å². The molecule has 4 nitrogen and oxygen atoms in total. The number of hydrogen-bond donors (Lipinski definition) is 2. The summed E-state index contributed by atoms with van der Waals surface area (Å²) in [5, 5.41) is 3.51. The number of benzene rings is 1. The Morgan fingerprint density at radius 2 is 1.82 bits per heavy atom. The fourth-order valence-corrected chi connectivity index (χ4v) is 1.67. The van der Waals surface area contributed by atoms with Gasteiger partial charge in [0.05, 0.1) is 0 Å². The standard InChI is InChI=1S/C18H28N4/c1-7-12-21-16(20-6)15-10-8-14(9-11-15)13-22-18(4,5)17(2,3)19/h7-12,22H,6,13,19H2,1-5H3/b12-7-,21-16?. The van der Waals surface area contributed by atoms with Crippen molar-refractivity contribution in [2.45, 2.75) is 52.2 Å². The van der Waals surface area contributed by atoms with E-state index in [2.05, 4.69) is 48.0 Å². The van der Waals surface area contributed by atoms with Gasteiger partial charge >= 0.3 is 0 Å². The molecule has 0 amide bonds. The SMILES string of the molecule is C=NC(=N/C=C\C)c1ccc(CNC(C)(C)C(C)(C)N)cc1. The third-order valence-corrected chi connectivity index (χ3v) is 4.05.